The molecule has 0 saturated carbocycles. The molecule has 2 aromatic rings. The number of dihydropyridines is 1. The van der Waals surface area contributed by atoms with Gasteiger partial charge in [0.05, 0.1) is 35.6 Å². The minimum Gasteiger partial charge on any atom is -0.386 e. The SMILES string of the molecule is C1=C(NCc2ccc3nccnc3c2)C(N2CCOCC2)=CCN1. The monoisotopic (exact) mass is 323 g/mol. The van der Waals surface area contributed by atoms with E-state index >= 15 is 0 Å². The van der Waals surface area contributed by atoms with Gasteiger partial charge in [-0.1, -0.05) is 6.07 Å². The maximum Gasteiger partial charge on any atom is 0.0890 e. The van der Waals surface area contributed by atoms with Gasteiger partial charge in [-0.25, -0.2) is 0 Å². The summed E-state index contributed by atoms with van der Waals surface area (Å²) in [5.74, 6) is 0. The van der Waals surface area contributed by atoms with Gasteiger partial charge in [-0.2, -0.15) is 0 Å². The minimum absolute atomic E-state index is 0.752. The summed E-state index contributed by atoms with van der Waals surface area (Å²) in [7, 11) is 0. The summed E-state index contributed by atoms with van der Waals surface area (Å²) < 4.78 is 5.46. The van der Waals surface area contributed by atoms with Crippen LogP contribution in [-0.4, -0.2) is 47.7 Å². The molecule has 0 unspecified atom stereocenters. The number of morpholine rings is 1. The predicted molar refractivity (Wildman–Crippen MR) is 92.9 cm³/mol. The third-order valence-corrected chi connectivity index (χ3v) is 4.30. The fraction of sp³-hybridized carbons (Fsp3) is 0.333. The van der Waals surface area contributed by atoms with Crippen molar-refractivity contribution in [3.8, 4) is 0 Å². The molecule has 1 aromatic carbocycles. The Labute approximate surface area is 141 Å². The molecule has 0 aliphatic carbocycles. The lowest BCUT2D eigenvalue weighted by molar-refractivity contribution is 0.0540. The van der Waals surface area contributed by atoms with E-state index in [1.807, 2.05) is 6.07 Å². The van der Waals surface area contributed by atoms with Gasteiger partial charge in [-0.05, 0) is 23.8 Å². The molecule has 2 aliphatic heterocycles. The van der Waals surface area contributed by atoms with Crippen molar-refractivity contribution in [1.29, 1.82) is 0 Å². The van der Waals surface area contributed by atoms with E-state index in [1.54, 1.807) is 12.4 Å². The third-order valence-electron chi connectivity index (χ3n) is 4.30. The molecule has 0 spiro atoms. The average molecular weight is 323 g/mol. The largest absolute Gasteiger partial charge is 0.386 e. The predicted octanol–water partition coefficient (Wildman–Crippen LogP) is 1.38. The van der Waals surface area contributed by atoms with Crippen molar-refractivity contribution in [3.05, 3.63) is 59.8 Å². The lowest BCUT2D eigenvalue weighted by atomic mass is 10.1. The Hall–Kier alpha value is -2.60. The number of benzene rings is 1. The summed E-state index contributed by atoms with van der Waals surface area (Å²) in [6.45, 7) is 5.08. The quantitative estimate of drug-likeness (QED) is 0.886. The zero-order chi connectivity index (χ0) is 16.2. The molecule has 1 fully saturated rings. The van der Waals surface area contributed by atoms with Gasteiger partial charge < -0.3 is 20.3 Å². The van der Waals surface area contributed by atoms with Crippen molar-refractivity contribution in [3.63, 3.8) is 0 Å². The van der Waals surface area contributed by atoms with Crippen molar-refractivity contribution in [2.45, 2.75) is 6.54 Å². The molecular weight excluding hydrogens is 302 g/mol. The first-order valence-corrected chi connectivity index (χ1v) is 8.30. The molecule has 0 radical (unpaired) electrons. The highest BCUT2D eigenvalue weighted by Crippen LogP contribution is 2.18. The molecule has 1 saturated heterocycles. The smallest absolute Gasteiger partial charge is 0.0890 e. The van der Waals surface area contributed by atoms with Crippen LogP contribution in [0.5, 0.6) is 0 Å². The minimum atomic E-state index is 0.752. The maximum atomic E-state index is 5.46. The van der Waals surface area contributed by atoms with Gasteiger partial charge in [0.15, 0.2) is 0 Å². The average Bonchev–Trinajstić information content (AvgIpc) is 2.67. The summed E-state index contributed by atoms with van der Waals surface area (Å²) in [4.78, 5) is 11.1. The van der Waals surface area contributed by atoms with Crippen molar-refractivity contribution in [2.24, 2.45) is 0 Å². The second kappa shape index (κ2) is 6.88. The van der Waals surface area contributed by atoms with Crippen LogP contribution in [0.25, 0.3) is 11.0 Å². The normalized spacial score (nSPS) is 17.9. The molecule has 24 heavy (non-hydrogen) atoms. The summed E-state index contributed by atoms with van der Waals surface area (Å²) in [5.41, 5.74) is 5.43. The van der Waals surface area contributed by atoms with Gasteiger partial charge in [0.1, 0.15) is 0 Å². The Bertz CT molecular complexity index is 780. The molecule has 1 aromatic heterocycles. The number of hydrogen-bond acceptors (Lipinski definition) is 6. The van der Waals surface area contributed by atoms with Crippen molar-refractivity contribution >= 4 is 11.0 Å². The van der Waals surface area contributed by atoms with Crippen LogP contribution in [-0.2, 0) is 11.3 Å². The van der Waals surface area contributed by atoms with Crippen molar-refractivity contribution in [2.75, 3.05) is 32.8 Å². The van der Waals surface area contributed by atoms with Crippen LogP contribution in [0, 0.1) is 0 Å². The Morgan fingerprint density at radius 1 is 1.12 bits per heavy atom. The molecule has 2 aliphatic rings. The molecule has 124 valence electrons. The summed E-state index contributed by atoms with van der Waals surface area (Å²) in [5, 5.41) is 6.84. The molecule has 2 N–H and O–H groups in total. The highest BCUT2D eigenvalue weighted by Gasteiger charge is 2.18. The second-order valence-corrected chi connectivity index (χ2v) is 5.89. The first-order valence-electron chi connectivity index (χ1n) is 8.30. The van der Waals surface area contributed by atoms with E-state index in [2.05, 4.69) is 49.9 Å². The van der Waals surface area contributed by atoms with Crippen molar-refractivity contribution in [1.82, 2.24) is 25.5 Å². The molecule has 0 bridgehead atoms. The Morgan fingerprint density at radius 3 is 2.83 bits per heavy atom. The van der Waals surface area contributed by atoms with E-state index < -0.39 is 0 Å². The van der Waals surface area contributed by atoms with Crippen LogP contribution in [0.4, 0.5) is 0 Å². The number of nitrogens with one attached hydrogen (secondary N) is 2. The molecule has 6 nitrogen and oxygen atoms in total. The van der Waals surface area contributed by atoms with Crippen LogP contribution in [0.2, 0.25) is 0 Å². The van der Waals surface area contributed by atoms with Crippen LogP contribution in [0.3, 0.4) is 0 Å². The van der Waals surface area contributed by atoms with E-state index in [9.17, 15) is 0 Å². The number of nitrogens with zero attached hydrogens (tertiary/aromatic N) is 3. The summed E-state index contributed by atoms with van der Waals surface area (Å²) in [6, 6.07) is 6.20. The highest BCUT2D eigenvalue weighted by atomic mass is 16.5. The van der Waals surface area contributed by atoms with E-state index in [-0.39, 0.29) is 0 Å². The fourth-order valence-electron chi connectivity index (χ4n) is 3.06. The lowest BCUT2D eigenvalue weighted by Gasteiger charge is -2.34. The Balaban J connectivity index is 1.46. The molecule has 4 rings (SSSR count). The summed E-state index contributed by atoms with van der Waals surface area (Å²) >= 11 is 0. The van der Waals surface area contributed by atoms with Gasteiger partial charge >= 0.3 is 0 Å². The highest BCUT2D eigenvalue weighted by molar-refractivity contribution is 5.74. The van der Waals surface area contributed by atoms with Gasteiger partial charge in [-0.3, -0.25) is 9.97 Å². The second-order valence-electron chi connectivity index (χ2n) is 5.89. The maximum absolute atomic E-state index is 5.46. The number of rotatable bonds is 4. The van der Waals surface area contributed by atoms with Crippen LogP contribution in [0.15, 0.2) is 54.3 Å². The molecule has 0 atom stereocenters. The van der Waals surface area contributed by atoms with Gasteiger partial charge in [0.2, 0.25) is 0 Å². The third kappa shape index (κ3) is 3.19. The van der Waals surface area contributed by atoms with Crippen LogP contribution >= 0.6 is 0 Å². The van der Waals surface area contributed by atoms with Crippen molar-refractivity contribution < 1.29 is 4.74 Å². The van der Waals surface area contributed by atoms with E-state index in [0.717, 1.165) is 56.1 Å². The van der Waals surface area contributed by atoms with Crippen LogP contribution < -0.4 is 10.6 Å². The van der Waals surface area contributed by atoms with Gasteiger partial charge in [-0.15, -0.1) is 0 Å². The number of fused-ring (bicyclic) bond motifs is 1. The number of hydrogen-bond donors (Lipinski definition) is 2. The molecule has 6 heteroatoms. The first-order chi connectivity index (χ1) is 11.9. The standard InChI is InChI=1S/C18H21N5O/c1-2-15-16(21-6-5-20-15)11-14(1)12-22-17-13-19-4-3-18(17)23-7-9-24-10-8-23/h1-3,5-6,11,13,19,22H,4,7-10,12H2. The lowest BCUT2D eigenvalue weighted by Crippen LogP contribution is -2.39. The zero-order valence-corrected chi connectivity index (χ0v) is 13.5. The molecule has 0 amide bonds. The van der Waals surface area contributed by atoms with Gasteiger partial charge in [0.25, 0.3) is 0 Å². The van der Waals surface area contributed by atoms with E-state index in [1.165, 1.54) is 11.3 Å². The van der Waals surface area contributed by atoms with Crippen LogP contribution in [0.1, 0.15) is 5.56 Å². The number of ether oxygens (including phenoxy) is 1. The zero-order valence-electron chi connectivity index (χ0n) is 13.5. The fourth-order valence-corrected chi connectivity index (χ4v) is 3.06. The van der Waals surface area contributed by atoms with E-state index in [4.69, 9.17) is 4.74 Å². The molecular formula is C18H21N5O. The first kappa shape index (κ1) is 15.0. The number of aromatic nitrogens is 2. The molecule has 3 heterocycles. The van der Waals surface area contributed by atoms with Gasteiger partial charge in [0, 0.05) is 44.8 Å². The topological polar surface area (TPSA) is 62.3 Å². The Morgan fingerprint density at radius 2 is 1.96 bits per heavy atom. The van der Waals surface area contributed by atoms with E-state index in [0.29, 0.717) is 0 Å². The summed E-state index contributed by atoms with van der Waals surface area (Å²) in [6.07, 6.45) is 7.75. The Kier molecular flexibility index (Phi) is 4.29.